The molecule has 1 amide bonds. The highest BCUT2D eigenvalue weighted by Crippen LogP contribution is 2.38. The van der Waals surface area contributed by atoms with Crippen LogP contribution < -0.4 is 4.74 Å². The molecule has 3 atom stereocenters. The third-order valence-corrected chi connectivity index (χ3v) is 4.68. The number of carboxylic acid groups (broad SMARTS) is 1. The number of hydrogen-bond donors (Lipinski definition) is 1. The van der Waals surface area contributed by atoms with Gasteiger partial charge in [0.15, 0.2) is 0 Å². The second kappa shape index (κ2) is 6.58. The number of piperidine rings is 1. The first-order chi connectivity index (χ1) is 11.7. The molecule has 0 unspecified atom stereocenters. The van der Waals surface area contributed by atoms with Gasteiger partial charge in [0.05, 0.1) is 5.56 Å². The van der Waals surface area contributed by atoms with E-state index >= 15 is 0 Å². The van der Waals surface area contributed by atoms with Crippen molar-refractivity contribution in [3.05, 3.63) is 29.8 Å². The first-order valence-electron chi connectivity index (χ1n) is 8.74. The third-order valence-electron chi connectivity index (χ3n) is 4.68. The molecule has 0 aromatic heterocycles. The molecule has 6 nitrogen and oxygen atoms in total. The molecule has 1 aromatic rings. The van der Waals surface area contributed by atoms with Gasteiger partial charge in [0.2, 0.25) is 0 Å². The van der Waals surface area contributed by atoms with Crippen LogP contribution in [0.4, 0.5) is 4.79 Å². The fraction of sp³-hybridized carbons (Fsp3) is 0.579. The molecule has 2 saturated heterocycles. The van der Waals surface area contributed by atoms with E-state index in [0.717, 1.165) is 25.7 Å². The summed E-state index contributed by atoms with van der Waals surface area (Å²) in [6.07, 6.45) is 3.14. The van der Waals surface area contributed by atoms with Crippen LogP contribution in [-0.4, -0.2) is 45.9 Å². The minimum absolute atomic E-state index is 0.0137. The summed E-state index contributed by atoms with van der Waals surface area (Å²) in [7, 11) is 0. The highest BCUT2D eigenvalue weighted by atomic mass is 16.6. The van der Waals surface area contributed by atoms with Crippen molar-refractivity contribution in [2.75, 3.05) is 0 Å². The lowest BCUT2D eigenvalue weighted by Crippen LogP contribution is -2.50. The van der Waals surface area contributed by atoms with Crippen molar-refractivity contribution in [1.82, 2.24) is 4.90 Å². The van der Waals surface area contributed by atoms with Gasteiger partial charge in [0.1, 0.15) is 17.5 Å². The second-order valence-corrected chi connectivity index (χ2v) is 7.82. The minimum atomic E-state index is -0.967. The quantitative estimate of drug-likeness (QED) is 0.902. The maximum atomic E-state index is 12.5. The Labute approximate surface area is 147 Å². The molecule has 0 spiro atoms. The summed E-state index contributed by atoms with van der Waals surface area (Å²) in [6, 6.07) is 6.80. The van der Waals surface area contributed by atoms with E-state index < -0.39 is 11.6 Å². The Morgan fingerprint density at radius 3 is 2.36 bits per heavy atom. The molecular weight excluding hydrogens is 322 g/mol. The second-order valence-electron chi connectivity index (χ2n) is 7.82. The van der Waals surface area contributed by atoms with Gasteiger partial charge in [-0.3, -0.25) is 0 Å². The largest absolute Gasteiger partial charge is 0.490 e. The topological polar surface area (TPSA) is 76.1 Å². The zero-order valence-corrected chi connectivity index (χ0v) is 14.9. The van der Waals surface area contributed by atoms with Crippen molar-refractivity contribution in [2.45, 2.75) is 70.2 Å². The van der Waals surface area contributed by atoms with E-state index in [0.29, 0.717) is 5.75 Å². The van der Waals surface area contributed by atoms with Crippen molar-refractivity contribution in [3.8, 4) is 5.75 Å². The van der Waals surface area contributed by atoms with E-state index in [2.05, 4.69) is 0 Å². The smallest absolute Gasteiger partial charge is 0.410 e. The van der Waals surface area contributed by atoms with Crippen LogP contribution in [0.1, 0.15) is 56.8 Å². The van der Waals surface area contributed by atoms with Gasteiger partial charge in [-0.25, -0.2) is 9.59 Å². The highest BCUT2D eigenvalue weighted by Gasteiger charge is 2.45. The summed E-state index contributed by atoms with van der Waals surface area (Å²) in [5, 5.41) is 9.08. The van der Waals surface area contributed by atoms with E-state index in [4.69, 9.17) is 14.6 Å². The number of aromatic carboxylic acids is 1. The molecule has 0 aliphatic carbocycles. The molecule has 136 valence electrons. The van der Waals surface area contributed by atoms with Gasteiger partial charge in [0, 0.05) is 24.9 Å². The maximum Gasteiger partial charge on any atom is 0.410 e. The number of carbonyl (C=O) groups is 2. The van der Waals surface area contributed by atoms with Crippen molar-refractivity contribution in [3.63, 3.8) is 0 Å². The number of carbonyl (C=O) groups excluding carboxylic acids is 1. The van der Waals surface area contributed by atoms with Gasteiger partial charge in [-0.15, -0.1) is 0 Å². The number of rotatable bonds is 3. The molecule has 2 heterocycles. The van der Waals surface area contributed by atoms with Crippen molar-refractivity contribution < 1.29 is 24.2 Å². The van der Waals surface area contributed by atoms with Gasteiger partial charge < -0.3 is 19.5 Å². The molecule has 2 aliphatic rings. The van der Waals surface area contributed by atoms with E-state index in [1.807, 2.05) is 25.7 Å². The van der Waals surface area contributed by atoms with Crippen LogP contribution in [-0.2, 0) is 4.74 Å². The van der Waals surface area contributed by atoms with Crippen LogP contribution in [0.2, 0.25) is 0 Å². The molecule has 1 aromatic carbocycles. The lowest BCUT2D eigenvalue weighted by Gasteiger charge is -2.39. The number of nitrogens with zero attached hydrogens (tertiary/aromatic N) is 1. The lowest BCUT2D eigenvalue weighted by molar-refractivity contribution is -0.00712. The van der Waals surface area contributed by atoms with Gasteiger partial charge in [0.25, 0.3) is 0 Å². The number of fused-ring (bicyclic) bond motifs is 2. The fourth-order valence-electron chi connectivity index (χ4n) is 3.73. The summed E-state index contributed by atoms with van der Waals surface area (Å²) in [5.41, 5.74) is -0.284. The number of benzene rings is 1. The van der Waals surface area contributed by atoms with E-state index in [9.17, 15) is 9.59 Å². The molecule has 3 rings (SSSR count). The first kappa shape index (κ1) is 17.6. The lowest BCUT2D eigenvalue weighted by atomic mass is 10.00. The fourth-order valence-corrected chi connectivity index (χ4v) is 3.73. The van der Waals surface area contributed by atoms with Gasteiger partial charge in [-0.05, 0) is 51.8 Å². The van der Waals surface area contributed by atoms with Crippen molar-refractivity contribution >= 4 is 12.1 Å². The third kappa shape index (κ3) is 4.06. The van der Waals surface area contributed by atoms with Crippen molar-refractivity contribution in [2.24, 2.45) is 0 Å². The Morgan fingerprint density at radius 2 is 1.80 bits per heavy atom. The Balaban J connectivity index is 1.65. The zero-order chi connectivity index (χ0) is 18.2. The summed E-state index contributed by atoms with van der Waals surface area (Å²) in [6.45, 7) is 5.62. The van der Waals surface area contributed by atoms with E-state index in [-0.39, 0.29) is 29.8 Å². The Hall–Kier alpha value is -2.24. The molecule has 6 heteroatoms. The van der Waals surface area contributed by atoms with Gasteiger partial charge in [-0.1, -0.05) is 6.07 Å². The average molecular weight is 347 g/mol. The predicted octanol–water partition coefficient (Wildman–Crippen LogP) is 3.69. The maximum absolute atomic E-state index is 12.5. The SMILES string of the molecule is CC(C)(C)OC(=O)N1[C@@H]2CC[C@H]1C[C@@H](Oc1cccc(C(=O)O)c1)C2. The molecule has 25 heavy (non-hydrogen) atoms. The standard InChI is InChI=1S/C19H25NO5/c1-19(2,3)25-18(23)20-13-7-8-14(20)11-16(10-13)24-15-6-4-5-12(9-15)17(21)22/h4-6,9,13-14,16H,7-8,10-11H2,1-3H3,(H,21,22)/t13-,14+,16+. The van der Waals surface area contributed by atoms with Crippen molar-refractivity contribution in [1.29, 1.82) is 0 Å². The summed E-state index contributed by atoms with van der Waals surface area (Å²) < 4.78 is 11.5. The molecule has 1 N–H and O–H groups in total. The number of ether oxygens (including phenoxy) is 2. The van der Waals surface area contributed by atoms with Crippen LogP contribution in [0.5, 0.6) is 5.75 Å². The molecule has 0 radical (unpaired) electrons. The Bertz CT molecular complexity index is 652. The van der Waals surface area contributed by atoms with Gasteiger partial charge in [-0.2, -0.15) is 0 Å². The highest BCUT2D eigenvalue weighted by molar-refractivity contribution is 5.88. The average Bonchev–Trinajstić information content (AvgIpc) is 2.77. The van der Waals surface area contributed by atoms with Crippen LogP contribution in [0.3, 0.4) is 0 Å². The van der Waals surface area contributed by atoms with E-state index in [1.54, 1.807) is 24.3 Å². The predicted molar refractivity (Wildman–Crippen MR) is 91.9 cm³/mol. The summed E-state index contributed by atoms with van der Waals surface area (Å²) >= 11 is 0. The number of hydrogen-bond acceptors (Lipinski definition) is 4. The summed E-state index contributed by atoms with van der Waals surface area (Å²) in [4.78, 5) is 25.4. The van der Waals surface area contributed by atoms with Crippen LogP contribution >= 0.6 is 0 Å². The molecular formula is C19H25NO5. The molecule has 0 saturated carbocycles. The summed E-state index contributed by atoms with van der Waals surface area (Å²) in [5.74, 6) is -0.403. The van der Waals surface area contributed by atoms with Crippen LogP contribution in [0.15, 0.2) is 24.3 Å². The minimum Gasteiger partial charge on any atom is -0.490 e. The van der Waals surface area contributed by atoms with E-state index in [1.165, 1.54) is 0 Å². The van der Waals surface area contributed by atoms with Crippen LogP contribution in [0, 0.1) is 0 Å². The molecule has 2 bridgehead atoms. The zero-order valence-electron chi connectivity index (χ0n) is 14.9. The Kier molecular flexibility index (Phi) is 4.62. The van der Waals surface area contributed by atoms with Gasteiger partial charge >= 0.3 is 12.1 Å². The monoisotopic (exact) mass is 347 g/mol. The Morgan fingerprint density at radius 1 is 1.16 bits per heavy atom. The number of amides is 1. The molecule has 2 fully saturated rings. The number of carboxylic acids is 1. The first-order valence-corrected chi connectivity index (χ1v) is 8.74. The molecule has 2 aliphatic heterocycles. The normalized spacial score (nSPS) is 25.6. The van der Waals surface area contributed by atoms with Crippen LogP contribution in [0.25, 0.3) is 0 Å².